The van der Waals surface area contributed by atoms with E-state index in [1.54, 1.807) is 6.07 Å². The Hall–Kier alpha value is -1.91. The fourth-order valence-electron chi connectivity index (χ4n) is 1.50. The van der Waals surface area contributed by atoms with Gasteiger partial charge in [-0.15, -0.1) is 6.42 Å². The van der Waals surface area contributed by atoms with E-state index in [4.69, 9.17) is 22.8 Å². The third-order valence-electron chi connectivity index (χ3n) is 2.35. The van der Waals surface area contributed by atoms with E-state index >= 15 is 0 Å². The van der Waals surface area contributed by atoms with E-state index in [-0.39, 0.29) is 0 Å². The lowest BCUT2D eigenvalue weighted by molar-refractivity contribution is 0.305. The number of halogens is 1. The second-order valence-electron chi connectivity index (χ2n) is 3.54. The summed E-state index contributed by atoms with van der Waals surface area (Å²) in [5, 5.41) is 0.538. The Bertz CT molecular complexity index is 541. The Morgan fingerprint density at radius 2 is 1.82 bits per heavy atom. The number of rotatable bonds is 3. The highest BCUT2D eigenvalue weighted by Crippen LogP contribution is 2.28. The van der Waals surface area contributed by atoms with Crippen molar-refractivity contribution in [2.75, 3.05) is 0 Å². The summed E-state index contributed by atoms with van der Waals surface area (Å²) in [5.74, 6) is 3.13. The van der Waals surface area contributed by atoms with E-state index in [0.717, 1.165) is 5.56 Å². The van der Waals surface area contributed by atoms with Crippen LogP contribution in [0.25, 0.3) is 0 Å². The van der Waals surface area contributed by atoms with Gasteiger partial charge >= 0.3 is 0 Å². The monoisotopic (exact) mass is 242 g/mol. The fraction of sp³-hybridized carbons (Fsp3) is 0.0667. The van der Waals surface area contributed by atoms with Crippen molar-refractivity contribution >= 4 is 11.6 Å². The molecule has 17 heavy (non-hydrogen) atoms. The molecule has 0 bridgehead atoms. The number of terminal acetylenes is 1. The number of hydrogen-bond acceptors (Lipinski definition) is 1. The van der Waals surface area contributed by atoms with E-state index in [9.17, 15) is 0 Å². The lowest BCUT2D eigenvalue weighted by atomic mass is 10.2. The van der Waals surface area contributed by atoms with Crippen molar-refractivity contribution < 1.29 is 4.74 Å². The molecule has 0 aliphatic rings. The molecule has 2 aromatic rings. The highest BCUT2D eigenvalue weighted by Gasteiger charge is 2.06. The van der Waals surface area contributed by atoms with Crippen LogP contribution in [0.3, 0.4) is 0 Å². The van der Waals surface area contributed by atoms with Gasteiger partial charge in [0.25, 0.3) is 0 Å². The van der Waals surface area contributed by atoms with Crippen LogP contribution in [0.15, 0.2) is 48.5 Å². The van der Waals surface area contributed by atoms with E-state index in [0.29, 0.717) is 22.9 Å². The molecule has 1 nitrogen and oxygen atoms in total. The lowest BCUT2D eigenvalue weighted by Crippen LogP contribution is -1.97. The molecule has 2 aromatic carbocycles. The van der Waals surface area contributed by atoms with Crippen LogP contribution in [0.5, 0.6) is 5.75 Å². The van der Waals surface area contributed by atoms with Crippen LogP contribution in [-0.2, 0) is 6.61 Å². The first kappa shape index (κ1) is 11.6. The van der Waals surface area contributed by atoms with Gasteiger partial charge in [-0.1, -0.05) is 53.9 Å². The van der Waals surface area contributed by atoms with Gasteiger partial charge in [-0.3, -0.25) is 0 Å². The smallest absolute Gasteiger partial charge is 0.153 e. The molecule has 0 fully saturated rings. The molecule has 0 aromatic heterocycles. The van der Waals surface area contributed by atoms with E-state index in [2.05, 4.69) is 5.92 Å². The van der Waals surface area contributed by atoms with Gasteiger partial charge in [-0.05, 0) is 17.7 Å². The summed E-state index contributed by atoms with van der Waals surface area (Å²) in [5.41, 5.74) is 1.75. The minimum atomic E-state index is 0.458. The second kappa shape index (κ2) is 5.43. The topological polar surface area (TPSA) is 9.23 Å². The third-order valence-corrected chi connectivity index (χ3v) is 2.65. The molecular weight excluding hydrogens is 232 g/mol. The molecule has 0 saturated heterocycles. The minimum Gasteiger partial charge on any atom is -0.486 e. The first-order valence-corrected chi connectivity index (χ1v) is 5.61. The zero-order valence-corrected chi connectivity index (χ0v) is 9.95. The zero-order chi connectivity index (χ0) is 12.1. The molecule has 0 amide bonds. The van der Waals surface area contributed by atoms with Crippen LogP contribution in [0, 0.1) is 12.3 Å². The van der Waals surface area contributed by atoms with Crippen molar-refractivity contribution in [2.24, 2.45) is 0 Å². The Balaban J connectivity index is 2.17. The maximum Gasteiger partial charge on any atom is 0.153 e. The first-order valence-electron chi connectivity index (χ1n) is 5.23. The van der Waals surface area contributed by atoms with Crippen molar-refractivity contribution in [3.63, 3.8) is 0 Å². The Labute approximate surface area is 106 Å². The van der Waals surface area contributed by atoms with E-state index in [1.807, 2.05) is 42.5 Å². The minimum absolute atomic E-state index is 0.458. The van der Waals surface area contributed by atoms with Gasteiger partial charge in [-0.2, -0.15) is 0 Å². The van der Waals surface area contributed by atoms with Crippen LogP contribution in [0.4, 0.5) is 0 Å². The molecule has 0 spiro atoms. The van der Waals surface area contributed by atoms with Crippen LogP contribution in [0.2, 0.25) is 5.02 Å². The summed E-state index contributed by atoms with van der Waals surface area (Å²) in [6, 6.07) is 15.3. The van der Waals surface area contributed by atoms with Gasteiger partial charge in [0.15, 0.2) is 5.75 Å². The van der Waals surface area contributed by atoms with Crippen molar-refractivity contribution in [3.05, 3.63) is 64.7 Å². The van der Waals surface area contributed by atoms with Gasteiger partial charge < -0.3 is 4.74 Å². The summed E-state index contributed by atoms with van der Waals surface area (Å²) < 4.78 is 5.67. The quantitative estimate of drug-likeness (QED) is 0.742. The van der Waals surface area contributed by atoms with Gasteiger partial charge in [0.2, 0.25) is 0 Å². The van der Waals surface area contributed by atoms with E-state index in [1.165, 1.54) is 0 Å². The molecule has 0 aliphatic carbocycles. The Morgan fingerprint density at radius 3 is 2.53 bits per heavy atom. The average Bonchev–Trinajstić information content (AvgIpc) is 2.38. The average molecular weight is 243 g/mol. The molecule has 0 N–H and O–H groups in total. The van der Waals surface area contributed by atoms with Crippen molar-refractivity contribution in [2.45, 2.75) is 6.61 Å². The highest BCUT2D eigenvalue weighted by atomic mass is 35.5. The summed E-state index contributed by atoms with van der Waals surface area (Å²) >= 11 is 6.05. The van der Waals surface area contributed by atoms with Gasteiger partial charge in [0, 0.05) is 0 Å². The van der Waals surface area contributed by atoms with Crippen LogP contribution >= 0.6 is 11.6 Å². The molecule has 0 heterocycles. The van der Waals surface area contributed by atoms with Crippen molar-refractivity contribution in [1.82, 2.24) is 0 Å². The number of hydrogen-bond donors (Lipinski definition) is 0. The number of benzene rings is 2. The molecule has 0 aliphatic heterocycles. The van der Waals surface area contributed by atoms with E-state index < -0.39 is 0 Å². The van der Waals surface area contributed by atoms with Crippen LogP contribution in [-0.4, -0.2) is 0 Å². The fourth-order valence-corrected chi connectivity index (χ4v) is 1.73. The third kappa shape index (κ3) is 2.81. The molecule has 2 heteroatoms. The van der Waals surface area contributed by atoms with Crippen LogP contribution < -0.4 is 4.74 Å². The maximum atomic E-state index is 6.05. The molecule has 0 radical (unpaired) electrons. The van der Waals surface area contributed by atoms with Gasteiger partial charge in [0.1, 0.15) is 6.61 Å². The summed E-state index contributed by atoms with van der Waals surface area (Å²) in [7, 11) is 0. The molecular formula is C15H11ClO. The Kier molecular flexibility index (Phi) is 3.69. The maximum absolute atomic E-state index is 6.05. The van der Waals surface area contributed by atoms with Gasteiger partial charge in [0.05, 0.1) is 10.6 Å². The van der Waals surface area contributed by atoms with Crippen molar-refractivity contribution in [1.29, 1.82) is 0 Å². The largest absolute Gasteiger partial charge is 0.486 e. The summed E-state index contributed by atoms with van der Waals surface area (Å²) in [6.07, 6.45) is 5.40. The summed E-state index contributed by atoms with van der Waals surface area (Å²) in [4.78, 5) is 0. The van der Waals surface area contributed by atoms with Crippen LogP contribution in [0.1, 0.15) is 11.1 Å². The predicted molar refractivity (Wildman–Crippen MR) is 70.2 cm³/mol. The molecule has 0 atom stereocenters. The second-order valence-corrected chi connectivity index (χ2v) is 3.94. The number of ether oxygens (including phenoxy) is 1. The molecule has 84 valence electrons. The standard InChI is InChI=1S/C15H11ClO/c1-2-13-9-6-10-14(16)15(13)17-11-12-7-4-3-5-8-12/h1,3-10H,11H2. The predicted octanol–water partition coefficient (Wildman–Crippen LogP) is 3.90. The SMILES string of the molecule is C#Cc1cccc(Cl)c1OCc1ccccc1. The Morgan fingerprint density at radius 1 is 1.06 bits per heavy atom. The van der Waals surface area contributed by atoms with Gasteiger partial charge in [-0.25, -0.2) is 0 Å². The first-order chi connectivity index (χ1) is 8.31. The molecule has 2 rings (SSSR count). The lowest BCUT2D eigenvalue weighted by Gasteiger charge is -2.09. The molecule has 0 saturated carbocycles. The normalized spacial score (nSPS) is 9.65. The van der Waals surface area contributed by atoms with Crippen molar-refractivity contribution in [3.8, 4) is 18.1 Å². The number of para-hydroxylation sites is 1. The zero-order valence-electron chi connectivity index (χ0n) is 9.19. The highest BCUT2D eigenvalue weighted by molar-refractivity contribution is 6.32. The summed E-state index contributed by atoms with van der Waals surface area (Å²) in [6.45, 7) is 0.458. The molecule has 0 unspecified atom stereocenters.